The average Bonchev–Trinajstić information content (AvgIpc) is 3.43. The molecule has 0 amide bonds. The molecule has 2 aromatic carbocycles. The van der Waals surface area contributed by atoms with E-state index in [1.807, 2.05) is 0 Å². The number of carbonyl (C=O) groups excluding carboxylic acids is 1. The number of benzene rings is 2. The van der Waals surface area contributed by atoms with Gasteiger partial charge in [0.25, 0.3) is 11.4 Å². The highest BCUT2D eigenvalue weighted by Gasteiger charge is 2.23. The van der Waals surface area contributed by atoms with Crippen LogP contribution in [-0.2, 0) is 22.5 Å². The van der Waals surface area contributed by atoms with E-state index in [1.165, 1.54) is 29.2 Å². The van der Waals surface area contributed by atoms with E-state index in [4.69, 9.17) is 14.0 Å². The number of Topliss-reactive ketones (excluding diaryl/α,β-unsaturated/α-hetero) is 1. The fourth-order valence-electron chi connectivity index (χ4n) is 4.14. The van der Waals surface area contributed by atoms with Gasteiger partial charge >= 0.3 is 0 Å². The van der Waals surface area contributed by atoms with E-state index in [1.54, 1.807) is 42.5 Å². The van der Waals surface area contributed by atoms with Gasteiger partial charge in [-0.15, -0.1) is 0 Å². The summed E-state index contributed by atoms with van der Waals surface area (Å²) < 4.78 is 30.6. The minimum atomic E-state index is -0.365. The van der Waals surface area contributed by atoms with E-state index in [0.29, 0.717) is 54.9 Å². The molecule has 2 aromatic heterocycles. The fraction of sp³-hybridized carbons (Fsp3) is 0.259. The Balaban J connectivity index is 1.40. The maximum atomic E-state index is 13.5. The normalized spacial score (nSPS) is 13.9. The largest absolute Gasteiger partial charge is 0.436 e. The molecular weight excluding hydrogens is 479 g/mol. The Morgan fingerprint density at radius 3 is 2.54 bits per heavy atom. The zero-order valence-electron chi connectivity index (χ0n) is 19.9. The molecule has 37 heavy (non-hydrogen) atoms. The van der Waals surface area contributed by atoms with E-state index in [9.17, 15) is 14.0 Å². The zero-order chi connectivity index (χ0) is 25.6. The topological polar surface area (TPSA) is 108 Å². The van der Waals surface area contributed by atoms with Gasteiger partial charge in [0.2, 0.25) is 5.95 Å². The molecule has 0 aliphatic carbocycles. The van der Waals surface area contributed by atoms with Crippen molar-refractivity contribution in [2.75, 3.05) is 18.5 Å². The summed E-state index contributed by atoms with van der Waals surface area (Å²) in [4.78, 5) is 30.8. The molecule has 1 aliphatic heterocycles. The van der Waals surface area contributed by atoms with Crippen molar-refractivity contribution in [2.24, 2.45) is 5.92 Å². The lowest BCUT2D eigenvalue weighted by molar-refractivity contribution is -0.125. The molecule has 1 aliphatic rings. The van der Waals surface area contributed by atoms with Crippen LogP contribution in [0.3, 0.4) is 0 Å². The molecule has 3 heterocycles. The smallest absolute Gasteiger partial charge is 0.259 e. The van der Waals surface area contributed by atoms with Crippen LogP contribution in [0.2, 0.25) is 0 Å². The summed E-state index contributed by atoms with van der Waals surface area (Å²) in [6, 6.07) is 14.5. The summed E-state index contributed by atoms with van der Waals surface area (Å²) in [6.45, 7) is 1.25. The standard InChI is InChI=1S/C27H25FN4O5/c28-21-3-1-18(2-4-21)17-32-26(34)20(15-24(33)19-9-12-35-13-10-19)16-29-27(32)30-22-5-7-23(8-6-22)37-25-11-14-36-31-25/h1-8,11,14,16,19H,9-10,12-13,15,17H2,(H,29,30). The van der Waals surface area contributed by atoms with E-state index in [-0.39, 0.29) is 36.0 Å². The lowest BCUT2D eigenvalue weighted by Crippen LogP contribution is -2.31. The molecule has 4 aromatic rings. The molecule has 190 valence electrons. The fourth-order valence-corrected chi connectivity index (χ4v) is 4.14. The molecule has 1 N–H and O–H groups in total. The summed E-state index contributed by atoms with van der Waals surface area (Å²) in [5.41, 5.74) is 1.38. The molecule has 9 nitrogen and oxygen atoms in total. The van der Waals surface area contributed by atoms with Crippen LogP contribution in [0.5, 0.6) is 11.6 Å². The third-order valence-electron chi connectivity index (χ3n) is 6.16. The van der Waals surface area contributed by atoms with E-state index < -0.39 is 0 Å². The van der Waals surface area contributed by atoms with Gasteiger partial charge in [0.05, 0.1) is 6.54 Å². The van der Waals surface area contributed by atoms with Gasteiger partial charge in [-0.25, -0.2) is 9.37 Å². The van der Waals surface area contributed by atoms with Crippen molar-refractivity contribution >= 4 is 17.4 Å². The minimum Gasteiger partial charge on any atom is -0.436 e. The van der Waals surface area contributed by atoms with Crippen molar-refractivity contribution in [3.63, 3.8) is 0 Å². The molecule has 0 spiro atoms. The van der Waals surface area contributed by atoms with Crippen LogP contribution in [0.1, 0.15) is 24.0 Å². The number of rotatable bonds is 9. The molecule has 1 fully saturated rings. The Morgan fingerprint density at radius 2 is 1.84 bits per heavy atom. The van der Waals surface area contributed by atoms with Crippen molar-refractivity contribution in [3.8, 4) is 11.6 Å². The molecule has 0 bridgehead atoms. The number of nitrogens with one attached hydrogen (secondary N) is 1. The van der Waals surface area contributed by atoms with Crippen LogP contribution < -0.4 is 15.6 Å². The van der Waals surface area contributed by atoms with Crippen LogP contribution in [0.25, 0.3) is 0 Å². The van der Waals surface area contributed by atoms with Crippen LogP contribution in [0.15, 0.2) is 76.4 Å². The lowest BCUT2D eigenvalue weighted by atomic mass is 9.92. The van der Waals surface area contributed by atoms with Gasteiger partial charge in [0.15, 0.2) is 0 Å². The summed E-state index contributed by atoms with van der Waals surface area (Å²) in [5, 5.41) is 6.87. The van der Waals surface area contributed by atoms with Crippen molar-refractivity contribution in [1.29, 1.82) is 0 Å². The average molecular weight is 505 g/mol. The SMILES string of the molecule is O=C(Cc1cnc(Nc2ccc(Oc3ccon3)cc2)n(Cc2ccc(F)cc2)c1=O)C1CCOCC1. The second kappa shape index (κ2) is 11.2. The second-order valence-corrected chi connectivity index (χ2v) is 8.74. The first-order chi connectivity index (χ1) is 18.0. The molecule has 0 unspecified atom stereocenters. The van der Waals surface area contributed by atoms with Crippen molar-refractivity contribution < 1.29 is 23.2 Å². The third-order valence-corrected chi connectivity index (χ3v) is 6.16. The van der Waals surface area contributed by atoms with Crippen LogP contribution in [-0.4, -0.2) is 33.7 Å². The van der Waals surface area contributed by atoms with E-state index in [2.05, 4.69) is 15.5 Å². The highest BCUT2D eigenvalue weighted by Crippen LogP contribution is 2.23. The number of hydrogen-bond donors (Lipinski definition) is 1. The highest BCUT2D eigenvalue weighted by molar-refractivity contribution is 5.83. The molecule has 0 radical (unpaired) electrons. The molecule has 1 saturated heterocycles. The zero-order valence-corrected chi connectivity index (χ0v) is 19.9. The van der Waals surface area contributed by atoms with E-state index in [0.717, 1.165) is 5.56 Å². The number of aromatic nitrogens is 3. The first kappa shape index (κ1) is 24.4. The second-order valence-electron chi connectivity index (χ2n) is 8.74. The quantitative estimate of drug-likeness (QED) is 0.355. The first-order valence-corrected chi connectivity index (χ1v) is 11.9. The van der Waals surface area contributed by atoms with Crippen LogP contribution in [0.4, 0.5) is 16.0 Å². The molecule has 5 rings (SSSR count). The van der Waals surface area contributed by atoms with E-state index >= 15 is 0 Å². The molecule has 0 saturated carbocycles. The maximum Gasteiger partial charge on any atom is 0.259 e. The Labute approximate surface area is 211 Å². The first-order valence-electron chi connectivity index (χ1n) is 11.9. The van der Waals surface area contributed by atoms with Crippen LogP contribution in [0, 0.1) is 11.7 Å². The highest BCUT2D eigenvalue weighted by atomic mass is 19.1. The number of halogens is 1. The predicted octanol–water partition coefficient (Wildman–Crippen LogP) is 4.49. The molecule has 0 atom stereocenters. The Hall–Kier alpha value is -4.31. The number of anilines is 2. The van der Waals surface area contributed by atoms with Crippen molar-refractivity contribution in [3.05, 3.63) is 94.4 Å². The number of carbonyl (C=O) groups is 1. The predicted molar refractivity (Wildman–Crippen MR) is 133 cm³/mol. The van der Waals surface area contributed by atoms with Gasteiger partial charge < -0.3 is 19.3 Å². The van der Waals surface area contributed by atoms with Gasteiger partial charge in [-0.05, 0) is 60.0 Å². The maximum absolute atomic E-state index is 13.5. The third kappa shape index (κ3) is 6.10. The van der Waals surface area contributed by atoms with Crippen molar-refractivity contribution in [2.45, 2.75) is 25.8 Å². The number of ketones is 1. The summed E-state index contributed by atoms with van der Waals surface area (Å²) in [5.74, 6) is 0.714. The number of nitrogens with zero attached hydrogens (tertiary/aromatic N) is 3. The van der Waals surface area contributed by atoms with Crippen molar-refractivity contribution in [1.82, 2.24) is 14.7 Å². The summed E-state index contributed by atoms with van der Waals surface area (Å²) in [6.07, 6.45) is 4.19. The number of ether oxygens (including phenoxy) is 2. The molecular formula is C27H25FN4O5. The Bertz CT molecular complexity index is 1400. The monoisotopic (exact) mass is 504 g/mol. The van der Waals surface area contributed by atoms with Gasteiger partial charge in [0.1, 0.15) is 23.6 Å². The molecule has 10 heteroatoms. The van der Waals surface area contributed by atoms with Gasteiger partial charge in [-0.2, -0.15) is 0 Å². The Kier molecular flexibility index (Phi) is 7.36. The number of hydrogen-bond acceptors (Lipinski definition) is 8. The van der Waals surface area contributed by atoms with Gasteiger partial charge in [-0.1, -0.05) is 12.1 Å². The summed E-state index contributed by atoms with van der Waals surface area (Å²) >= 11 is 0. The van der Waals surface area contributed by atoms with Gasteiger partial charge in [-0.3, -0.25) is 14.2 Å². The lowest BCUT2D eigenvalue weighted by Gasteiger charge is -2.21. The van der Waals surface area contributed by atoms with Gasteiger partial charge in [0, 0.05) is 49.1 Å². The minimum absolute atomic E-state index is 0.00822. The summed E-state index contributed by atoms with van der Waals surface area (Å²) in [7, 11) is 0. The van der Waals surface area contributed by atoms with Crippen LogP contribution >= 0.6 is 0 Å². The Morgan fingerprint density at radius 1 is 1.08 bits per heavy atom.